The predicted molar refractivity (Wildman–Crippen MR) is 76.4 cm³/mol. The number of nitrogens with zero attached hydrogens (tertiary/aromatic N) is 1. The Morgan fingerprint density at radius 2 is 1.38 bits per heavy atom. The third-order valence-electron chi connectivity index (χ3n) is 3.70. The first kappa shape index (κ1) is 24.6. The maximum absolute atomic E-state index is 13.6. The lowest BCUT2D eigenvalue weighted by atomic mass is 10.0. The number of carbonyl (C=O) groups excluding carboxylic acids is 1. The zero-order chi connectivity index (χ0) is 21.0. The molecule has 0 spiro atoms. The highest BCUT2D eigenvalue weighted by Crippen LogP contribution is 2.54. The Kier molecular flexibility index (Phi) is 8.05. The number of hydrogen-bond donors (Lipinski definition) is 0. The van der Waals surface area contributed by atoms with Gasteiger partial charge < -0.3 is 4.90 Å². The van der Waals surface area contributed by atoms with Crippen molar-refractivity contribution in [2.24, 2.45) is 0 Å². The fourth-order valence-electron chi connectivity index (χ4n) is 1.88. The lowest BCUT2D eigenvalue weighted by molar-refractivity contribution is -0.396. The molecule has 0 radical (unpaired) electrons. The number of amides is 1. The van der Waals surface area contributed by atoms with Gasteiger partial charge in [0.05, 0.1) is 0 Å². The van der Waals surface area contributed by atoms with Gasteiger partial charge in [-0.05, 0) is 12.8 Å². The van der Waals surface area contributed by atoms with Gasteiger partial charge in [0, 0.05) is 25.1 Å². The van der Waals surface area contributed by atoms with Crippen LogP contribution in [-0.4, -0.2) is 47.8 Å². The van der Waals surface area contributed by atoms with Crippen LogP contribution in [0.4, 0.5) is 39.5 Å². The van der Waals surface area contributed by atoms with Crippen LogP contribution in [0.5, 0.6) is 0 Å². The smallest absolute Gasteiger partial charge is 0.339 e. The second-order valence-corrected chi connectivity index (χ2v) is 5.70. The molecule has 0 aromatic carbocycles. The minimum atomic E-state index is -6.92. The van der Waals surface area contributed by atoms with Crippen molar-refractivity contribution in [3.8, 4) is 0 Å². The highest BCUT2D eigenvalue weighted by Gasteiger charge is 2.81. The maximum Gasteiger partial charge on any atom is 0.460 e. The molecule has 0 aliphatic carbocycles. The van der Waals surface area contributed by atoms with Gasteiger partial charge in [-0.25, -0.2) is 0 Å². The molecular weight excluding hydrogens is 381 g/mol. The molecule has 2 nitrogen and oxygen atoms in total. The topological polar surface area (TPSA) is 20.3 Å². The Balaban J connectivity index is 5.43. The summed E-state index contributed by atoms with van der Waals surface area (Å²) in [5, 5.41) is 0. The summed E-state index contributed by atoms with van der Waals surface area (Å²) < 4.78 is 115. The SMILES string of the molecule is C=C(CC)C(=O)N(CCCC)CCC(F)(F)C(F)(F)C(F)(F)C(F)(F)F. The summed E-state index contributed by atoms with van der Waals surface area (Å²) in [5.74, 6) is -20.1. The molecular formula is C15H20F9NO. The van der Waals surface area contributed by atoms with Crippen LogP contribution in [0, 0.1) is 0 Å². The average Bonchev–Trinajstić information content (AvgIpc) is 2.52. The molecule has 26 heavy (non-hydrogen) atoms. The number of unbranched alkanes of at least 4 members (excludes halogenated alkanes) is 1. The molecule has 0 aromatic heterocycles. The summed E-state index contributed by atoms with van der Waals surface area (Å²) in [7, 11) is 0. The normalized spacial score (nSPS) is 13.7. The largest absolute Gasteiger partial charge is 0.460 e. The van der Waals surface area contributed by atoms with Gasteiger partial charge in [-0.3, -0.25) is 4.79 Å². The fraction of sp³-hybridized carbons (Fsp3) is 0.800. The molecule has 154 valence electrons. The summed E-state index contributed by atoms with van der Waals surface area (Å²) in [4.78, 5) is 12.7. The number of halogens is 9. The molecule has 0 unspecified atom stereocenters. The molecule has 0 heterocycles. The van der Waals surface area contributed by atoms with E-state index < -0.39 is 42.8 Å². The van der Waals surface area contributed by atoms with Gasteiger partial charge in [0.1, 0.15) is 0 Å². The predicted octanol–water partition coefficient (Wildman–Crippen LogP) is 5.44. The molecule has 0 aromatic rings. The van der Waals surface area contributed by atoms with Crippen molar-refractivity contribution in [2.45, 2.75) is 63.5 Å². The van der Waals surface area contributed by atoms with Gasteiger partial charge in [-0.2, -0.15) is 39.5 Å². The third kappa shape index (κ3) is 5.06. The Labute approximate surface area is 145 Å². The van der Waals surface area contributed by atoms with E-state index in [1.807, 2.05) is 0 Å². The van der Waals surface area contributed by atoms with Crippen molar-refractivity contribution < 1.29 is 44.3 Å². The van der Waals surface area contributed by atoms with Crippen molar-refractivity contribution in [2.75, 3.05) is 13.1 Å². The van der Waals surface area contributed by atoms with E-state index in [-0.39, 0.29) is 18.5 Å². The molecule has 0 bridgehead atoms. The first-order valence-electron chi connectivity index (χ1n) is 7.74. The minimum absolute atomic E-state index is 0.0307. The summed E-state index contributed by atoms with van der Waals surface area (Å²) in [6, 6.07) is 0. The summed E-state index contributed by atoms with van der Waals surface area (Å²) >= 11 is 0. The van der Waals surface area contributed by atoms with Crippen molar-refractivity contribution in [3.05, 3.63) is 12.2 Å². The van der Waals surface area contributed by atoms with E-state index in [0.29, 0.717) is 17.7 Å². The number of rotatable bonds is 10. The summed E-state index contributed by atoms with van der Waals surface area (Å²) in [5.41, 5.74) is -0.0307. The molecule has 0 aliphatic heterocycles. The lowest BCUT2D eigenvalue weighted by Gasteiger charge is -2.34. The summed E-state index contributed by atoms with van der Waals surface area (Å²) in [6.07, 6.45) is -7.99. The first-order valence-corrected chi connectivity index (χ1v) is 7.74. The van der Waals surface area contributed by atoms with Gasteiger partial charge in [0.25, 0.3) is 0 Å². The molecule has 0 rings (SSSR count). The zero-order valence-electron chi connectivity index (χ0n) is 14.2. The third-order valence-corrected chi connectivity index (χ3v) is 3.70. The quantitative estimate of drug-likeness (QED) is 0.353. The highest BCUT2D eigenvalue weighted by molar-refractivity contribution is 5.92. The van der Waals surface area contributed by atoms with E-state index in [0.717, 1.165) is 0 Å². The average molecular weight is 401 g/mol. The molecule has 0 aliphatic rings. The molecule has 1 amide bonds. The monoisotopic (exact) mass is 401 g/mol. The fourth-order valence-corrected chi connectivity index (χ4v) is 1.88. The van der Waals surface area contributed by atoms with Gasteiger partial charge >= 0.3 is 23.9 Å². The molecule has 0 saturated carbocycles. The molecule has 0 saturated heterocycles. The highest BCUT2D eigenvalue weighted by atomic mass is 19.4. The zero-order valence-corrected chi connectivity index (χ0v) is 14.2. The van der Waals surface area contributed by atoms with Crippen LogP contribution in [0.3, 0.4) is 0 Å². The van der Waals surface area contributed by atoms with Crippen LogP contribution in [0.25, 0.3) is 0 Å². The van der Waals surface area contributed by atoms with Crippen LogP contribution in [0.1, 0.15) is 39.5 Å². The number of hydrogen-bond acceptors (Lipinski definition) is 1. The van der Waals surface area contributed by atoms with Crippen LogP contribution >= 0.6 is 0 Å². The standard InChI is InChI=1S/C15H20F9NO/c1-4-6-8-25(11(26)10(3)5-2)9-7-12(16,17)13(18,19)14(20,21)15(22,23)24/h3-9H2,1-2H3. The van der Waals surface area contributed by atoms with Crippen LogP contribution in [0.2, 0.25) is 0 Å². The van der Waals surface area contributed by atoms with Gasteiger partial charge in [0.2, 0.25) is 5.91 Å². The van der Waals surface area contributed by atoms with E-state index in [4.69, 9.17) is 0 Å². The minimum Gasteiger partial charge on any atom is -0.339 e. The Morgan fingerprint density at radius 3 is 1.77 bits per heavy atom. The Hall–Kier alpha value is -1.42. The first-order chi connectivity index (χ1) is 11.6. The van der Waals surface area contributed by atoms with E-state index in [1.165, 1.54) is 6.92 Å². The van der Waals surface area contributed by atoms with Crippen molar-refractivity contribution >= 4 is 5.91 Å². The van der Waals surface area contributed by atoms with E-state index in [2.05, 4.69) is 6.58 Å². The van der Waals surface area contributed by atoms with E-state index >= 15 is 0 Å². The van der Waals surface area contributed by atoms with Gasteiger partial charge in [0.15, 0.2) is 0 Å². The van der Waals surface area contributed by atoms with Crippen molar-refractivity contribution in [3.63, 3.8) is 0 Å². The Morgan fingerprint density at radius 1 is 0.885 bits per heavy atom. The van der Waals surface area contributed by atoms with Crippen LogP contribution in [-0.2, 0) is 4.79 Å². The number of alkyl halides is 9. The maximum atomic E-state index is 13.6. The van der Waals surface area contributed by atoms with E-state index in [1.54, 1.807) is 6.92 Å². The Bertz CT molecular complexity index is 500. The second kappa shape index (κ2) is 8.51. The van der Waals surface area contributed by atoms with Gasteiger partial charge in [-0.1, -0.05) is 26.8 Å². The molecule has 0 fully saturated rings. The lowest BCUT2D eigenvalue weighted by Crippen LogP contribution is -2.61. The van der Waals surface area contributed by atoms with Crippen LogP contribution < -0.4 is 0 Å². The molecule has 11 heteroatoms. The summed E-state index contributed by atoms with van der Waals surface area (Å²) in [6.45, 7) is 5.31. The van der Waals surface area contributed by atoms with Crippen LogP contribution in [0.15, 0.2) is 12.2 Å². The molecule has 0 N–H and O–H groups in total. The van der Waals surface area contributed by atoms with Crippen molar-refractivity contribution in [1.82, 2.24) is 4.90 Å². The molecule has 0 atom stereocenters. The second-order valence-electron chi connectivity index (χ2n) is 5.70. The van der Waals surface area contributed by atoms with Gasteiger partial charge in [-0.15, -0.1) is 0 Å². The van der Waals surface area contributed by atoms with E-state index in [9.17, 15) is 44.3 Å². The number of carbonyl (C=O) groups is 1. The van der Waals surface area contributed by atoms with Crippen molar-refractivity contribution in [1.29, 1.82) is 0 Å².